The van der Waals surface area contributed by atoms with Crippen LogP contribution in [0.1, 0.15) is 49.9 Å². The third-order valence-corrected chi connectivity index (χ3v) is 12.2. The van der Waals surface area contributed by atoms with E-state index in [4.69, 9.17) is 9.41 Å². The Morgan fingerprint density at radius 2 is 1.00 bits per heavy atom. The lowest BCUT2D eigenvalue weighted by Gasteiger charge is -2.22. The molecule has 0 radical (unpaired) electrons. The van der Waals surface area contributed by atoms with Gasteiger partial charge in [-0.05, 0) is 133 Å². The zero-order chi connectivity index (χ0) is 39.9. The Balaban J connectivity index is 1.00. The summed E-state index contributed by atoms with van der Waals surface area (Å²) in [5, 5.41) is 7.41. The lowest BCUT2D eigenvalue weighted by Crippen LogP contribution is -2.11. The Morgan fingerprint density at radius 3 is 1.59 bits per heavy atom. The molecule has 59 heavy (non-hydrogen) atoms. The van der Waals surface area contributed by atoms with Crippen LogP contribution in [0.3, 0.4) is 0 Å². The normalized spacial score (nSPS) is 13.5. The van der Waals surface area contributed by atoms with Crippen molar-refractivity contribution in [2.45, 2.75) is 33.2 Å². The molecule has 1 heterocycles. The lowest BCUT2D eigenvalue weighted by atomic mass is 9.89. The van der Waals surface area contributed by atoms with Gasteiger partial charge in [-0.3, -0.25) is 4.99 Å². The molecule has 0 aliphatic carbocycles. The molecule has 0 aliphatic heterocycles. The van der Waals surface area contributed by atoms with Gasteiger partial charge in [0.1, 0.15) is 11.2 Å². The van der Waals surface area contributed by atoms with Crippen LogP contribution in [-0.4, -0.2) is 5.71 Å². The Bertz CT molecular complexity index is 3170. The Kier molecular flexibility index (Phi) is 9.47. The van der Waals surface area contributed by atoms with E-state index in [0.717, 1.165) is 28.9 Å². The maximum Gasteiger partial charge on any atom is 0.136 e. The summed E-state index contributed by atoms with van der Waals surface area (Å²) in [4.78, 5) is 5.58. The summed E-state index contributed by atoms with van der Waals surface area (Å²) in [5.74, 6) is 0.343. The van der Waals surface area contributed by atoms with Crippen LogP contribution in [0, 0.1) is 5.92 Å². The zero-order valence-electron chi connectivity index (χ0n) is 33.7. The fraction of sp³-hybridized carbons (Fsp3) is 0.105. The minimum atomic E-state index is -0.00791. The molecule has 0 fully saturated rings. The third-order valence-electron chi connectivity index (χ3n) is 12.2. The van der Waals surface area contributed by atoms with E-state index in [-0.39, 0.29) is 6.04 Å². The first-order chi connectivity index (χ1) is 29.0. The third kappa shape index (κ3) is 6.81. The summed E-state index contributed by atoms with van der Waals surface area (Å²) in [5.41, 5.74) is 14.8. The van der Waals surface area contributed by atoms with Gasteiger partial charge in [-0.25, -0.2) is 0 Å². The largest absolute Gasteiger partial charge is 0.456 e. The molecular formula is C57H45NO. The van der Waals surface area contributed by atoms with Crippen molar-refractivity contribution >= 4 is 54.8 Å². The molecule has 2 heteroatoms. The van der Waals surface area contributed by atoms with Crippen molar-refractivity contribution in [3.63, 3.8) is 0 Å². The molecule has 9 aromatic carbocycles. The summed E-state index contributed by atoms with van der Waals surface area (Å²) >= 11 is 0. The van der Waals surface area contributed by atoms with Crippen LogP contribution in [0.2, 0.25) is 0 Å². The van der Waals surface area contributed by atoms with E-state index in [0.29, 0.717) is 5.92 Å². The Hall–Kier alpha value is -7.03. The van der Waals surface area contributed by atoms with Gasteiger partial charge in [-0.2, -0.15) is 0 Å². The van der Waals surface area contributed by atoms with Crippen LogP contribution >= 0.6 is 0 Å². The van der Waals surface area contributed by atoms with E-state index in [1.54, 1.807) is 0 Å². The van der Waals surface area contributed by atoms with Gasteiger partial charge >= 0.3 is 0 Å². The van der Waals surface area contributed by atoms with Crippen molar-refractivity contribution in [3.05, 3.63) is 211 Å². The van der Waals surface area contributed by atoms with Gasteiger partial charge in [0.15, 0.2) is 0 Å². The van der Waals surface area contributed by atoms with Crippen molar-refractivity contribution in [2.24, 2.45) is 10.9 Å². The summed E-state index contributed by atoms with van der Waals surface area (Å²) in [6.45, 7) is 6.77. The zero-order valence-corrected chi connectivity index (χ0v) is 33.7. The molecule has 0 N–H and O–H groups in total. The van der Waals surface area contributed by atoms with Gasteiger partial charge in [-0.1, -0.05) is 172 Å². The highest BCUT2D eigenvalue weighted by atomic mass is 16.3. The van der Waals surface area contributed by atoms with E-state index in [9.17, 15) is 0 Å². The molecule has 2 atom stereocenters. The van der Waals surface area contributed by atoms with E-state index in [1.807, 2.05) is 0 Å². The molecule has 1 aromatic heterocycles. The quantitative estimate of drug-likeness (QED) is 0.101. The van der Waals surface area contributed by atoms with Crippen molar-refractivity contribution in [1.82, 2.24) is 0 Å². The smallest absolute Gasteiger partial charge is 0.136 e. The number of fused-ring (bicyclic) bond motifs is 3. The molecule has 10 rings (SSSR count). The molecule has 284 valence electrons. The Morgan fingerprint density at radius 1 is 0.492 bits per heavy atom. The van der Waals surface area contributed by atoms with Gasteiger partial charge in [0.25, 0.3) is 0 Å². The van der Waals surface area contributed by atoms with Gasteiger partial charge in [0.05, 0.1) is 11.8 Å². The predicted molar refractivity (Wildman–Crippen MR) is 251 cm³/mol. The number of hydrogen-bond acceptors (Lipinski definition) is 2. The second-order valence-electron chi connectivity index (χ2n) is 15.9. The van der Waals surface area contributed by atoms with Crippen molar-refractivity contribution < 1.29 is 4.42 Å². The molecule has 0 aliphatic rings. The first-order valence-electron chi connectivity index (χ1n) is 20.8. The summed E-state index contributed by atoms with van der Waals surface area (Å²) in [7, 11) is 0. The van der Waals surface area contributed by atoms with Crippen LogP contribution in [0.5, 0.6) is 0 Å². The minimum absolute atomic E-state index is 0.00791. The SMILES string of the molecule is CCC(C)C(/N=C(\C=C(/C)c1ccccc1)c1ccccc1)c1cccc(-c2cccc(-c3cccc(-c4ccc5c(c4)c4cccc6oc7cccc5c7c64)c3)c2)c1. The number of allylic oxidation sites excluding steroid dienone is 2. The average Bonchev–Trinajstić information content (AvgIpc) is 3.70. The highest BCUT2D eigenvalue weighted by Gasteiger charge is 2.20. The number of benzene rings is 9. The molecular weight excluding hydrogens is 715 g/mol. The molecule has 2 nitrogen and oxygen atoms in total. The number of hydrogen-bond donors (Lipinski definition) is 0. The molecule has 0 saturated carbocycles. The Labute approximate surface area is 346 Å². The van der Waals surface area contributed by atoms with Crippen LogP contribution in [0.25, 0.3) is 82.4 Å². The van der Waals surface area contributed by atoms with Crippen molar-refractivity contribution in [2.75, 3.05) is 0 Å². The molecule has 10 aromatic rings. The topological polar surface area (TPSA) is 25.5 Å². The van der Waals surface area contributed by atoms with Gasteiger partial charge < -0.3 is 4.42 Å². The second-order valence-corrected chi connectivity index (χ2v) is 15.9. The van der Waals surface area contributed by atoms with Crippen LogP contribution < -0.4 is 0 Å². The monoisotopic (exact) mass is 759 g/mol. The van der Waals surface area contributed by atoms with Crippen LogP contribution in [-0.2, 0) is 0 Å². The van der Waals surface area contributed by atoms with E-state index in [1.165, 1.54) is 82.4 Å². The number of furan rings is 1. The van der Waals surface area contributed by atoms with Crippen molar-refractivity contribution in [3.8, 4) is 33.4 Å². The number of rotatable bonds is 10. The number of nitrogens with zero attached hydrogens (tertiary/aromatic N) is 1. The van der Waals surface area contributed by atoms with E-state index >= 15 is 0 Å². The number of aliphatic imine (C=N–C) groups is 1. The standard InChI is InChI=1S/C57H45NO/c1-4-37(2)57(58-52(40-18-9-6-10-19-40)32-38(3)39-16-7-5-8-17-39)47-25-13-24-45(35-47)43-22-11-20-41(33-43)42-21-12-23-44(34-42)46-30-31-48-49-26-14-28-53-55(49)56-50(51(48)36-46)27-15-29-54(56)59-53/h5-37,57H,4H2,1-3H3/b38-32+,58-52+. The molecule has 0 amide bonds. The van der Waals surface area contributed by atoms with Gasteiger partial charge in [0.2, 0.25) is 0 Å². The first-order valence-corrected chi connectivity index (χ1v) is 20.8. The van der Waals surface area contributed by atoms with E-state index in [2.05, 4.69) is 215 Å². The molecule has 2 unspecified atom stereocenters. The summed E-state index contributed by atoms with van der Waals surface area (Å²) < 4.78 is 6.29. The predicted octanol–water partition coefficient (Wildman–Crippen LogP) is 16.0. The maximum atomic E-state index is 6.29. The average molecular weight is 760 g/mol. The van der Waals surface area contributed by atoms with Gasteiger partial charge in [0, 0.05) is 10.8 Å². The summed E-state index contributed by atoms with van der Waals surface area (Å²) in [6, 6.07) is 67.9. The summed E-state index contributed by atoms with van der Waals surface area (Å²) in [6.07, 6.45) is 3.27. The van der Waals surface area contributed by atoms with Crippen LogP contribution in [0.4, 0.5) is 0 Å². The second kappa shape index (κ2) is 15.4. The van der Waals surface area contributed by atoms with Gasteiger partial charge in [-0.15, -0.1) is 0 Å². The maximum absolute atomic E-state index is 6.29. The highest BCUT2D eigenvalue weighted by molar-refractivity contribution is 6.33. The van der Waals surface area contributed by atoms with Crippen LogP contribution in [0.15, 0.2) is 204 Å². The molecule has 0 saturated heterocycles. The molecule has 0 bridgehead atoms. The minimum Gasteiger partial charge on any atom is -0.456 e. The first kappa shape index (κ1) is 36.3. The van der Waals surface area contributed by atoms with Crippen molar-refractivity contribution in [1.29, 1.82) is 0 Å². The van der Waals surface area contributed by atoms with E-state index < -0.39 is 0 Å². The highest BCUT2D eigenvalue weighted by Crippen LogP contribution is 2.43. The fourth-order valence-electron chi connectivity index (χ4n) is 8.85. The lowest BCUT2D eigenvalue weighted by molar-refractivity contribution is 0.459. The molecule has 0 spiro atoms. The fourth-order valence-corrected chi connectivity index (χ4v) is 8.85.